The fourth-order valence-corrected chi connectivity index (χ4v) is 8.90. The van der Waals surface area contributed by atoms with Gasteiger partial charge in [-0.3, -0.25) is 14.4 Å². The first-order chi connectivity index (χ1) is 16.3. The van der Waals surface area contributed by atoms with E-state index in [-0.39, 0.29) is 36.1 Å². The number of hydrogen-bond donors (Lipinski definition) is 1. The average Bonchev–Trinajstić information content (AvgIpc) is 3.39. The lowest BCUT2D eigenvalue weighted by Crippen LogP contribution is -2.66. The van der Waals surface area contributed by atoms with Crippen molar-refractivity contribution in [2.45, 2.75) is 70.3 Å². The second kappa shape index (κ2) is 7.78. The Morgan fingerprint density at radius 1 is 1.20 bits per heavy atom. The Labute approximate surface area is 211 Å². The maximum absolute atomic E-state index is 17.2. The van der Waals surface area contributed by atoms with Gasteiger partial charge in [0.2, 0.25) is 16.7 Å². The van der Waals surface area contributed by atoms with Crippen LogP contribution in [0.2, 0.25) is 0 Å². The smallest absolute Gasteiger partial charge is 0.351 e. The molecule has 188 valence electrons. The summed E-state index contributed by atoms with van der Waals surface area (Å²) < 4.78 is 42.6. The molecule has 0 aliphatic heterocycles. The summed E-state index contributed by atoms with van der Waals surface area (Å²) in [5, 5.41) is -0.614. The standard InChI is InChI=1S/C25H27F2NO5S2/c1-12-8-13-14-9-16(26)15-10-17(29)18(30)11-23(15,3)24(14,27)6-5-22(13,2)25(12,21(32)34)33-20(31)19-4-7-28-35-19/h4,7,10,12-14,16H,5-6,8-9,11H2,1-3H3,(H,32,34)/t12?,13-,14-,16?,22-,23-,24?,25?/m0/s1. The minimum atomic E-state index is -1.95. The van der Waals surface area contributed by atoms with Crippen molar-refractivity contribution in [1.29, 1.82) is 0 Å². The molecule has 5 rings (SSSR count). The van der Waals surface area contributed by atoms with Crippen molar-refractivity contribution >= 4 is 46.8 Å². The van der Waals surface area contributed by atoms with Gasteiger partial charge in [-0.05, 0) is 60.8 Å². The molecule has 35 heavy (non-hydrogen) atoms. The fourth-order valence-electron chi connectivity index (χ4n) is 7.90. The number of esters is 1. The van der Waals surface area contributed by atoms with Gasteiger partial charge in [-0.15, -0.1) is 12.6 Å². The number of aromatic nitrogens is 1. The zero-order chi connectivity index (χ0) is 25.6. The highest BCUT2D eigenvalue weighted by Crippen LogP contribution is 2.72. The number of Topliss-reactive ketones (excluding diaryl/α,β-unsaturated/α-hetero) is 1. The topological polar surface area (TPSA) is 90.4 Å². The maximum Gasteiger partial charge on any atom is 0.351 e. The number of fused-ring (bicyclic) bond motifs is 5. The van der Waals surface area contributed by atoms with E-state index in [4.69, 9.17) is 4.74 Å². The monoisotopic (exact) mass is 523 g/mol. The van der Waals surface area contributed by atoms with Gasteiger partial charge in [-0.1, -0.05) is 20.8 Å². The number of allylic oxidation sites excluding steroid dienone is 1. The summed E-state index contributed by atoms with van der Waals surface area (Å²) in [6, 6.07) is 1.50. The molecular weight excluding hydrogens is 496 g/mol. The number of carbonyl (C=O) groups excluding carboxylic acids is 4. The minimum absolute atomic E-state index is 0.0552. The molecule has 4 aliphatic rings. The number of rotatable bonds is 3. The molecular formula is C25H27F2NO5S2. The Morgan fingerprint density at radius 3 is 2.54 bits per heavy atom. The lowest BCUT2D eigenvalue weighted by Gasteiger charge is -2.62. The van der Waals surface area contributed by atoms with Crippen LogP contribution < -0.4 is 0 Å². The van der Waals surface area contributed by atoms with Crippen molar-refractivity contribution in [3.8, 4) is 0 Å². The van der Waals surface area contributed by atoms with Crippen LogP contribution >= 0.6 is 24.2 Å². The van der Waals surface area contributed by atoms with Crippen LogP contribution in [0, 0.1) is 28.6 Å². The summed E-state index contributed by atoms with van der Waals surface area (Å²) in [4.78, 5) is 50.7. The second-order valence-electron chi connectivity index (χ2n) is 11.0. The van der Waals surface area contributed by atoms with E-state index in [1.807, 2.05) is 6.92 Å². The first-order valence-electron chi connectivity index (χ1n) is 11.8. The van der Waals surface area contributed by atoms with E-state index in [1.54, 1.807) is 13.8 Å². The van der Waals surface area contributed by atoms with E-state index in [0.29, 0.717) is 6.42 Å². The molecule has 0 spiro atoms. The van der Waals surface area contributed by atoms with Crippen molar-refractivity contribution in [2.75, 3.05) is 0 Å². The number of ether oxygens (including phenoxy) is 1. The predicted octanol–water partition coefficient (Wildman–Crippen LogP) is 4.49. The van der Waals surface area contributed by atoms with Crippen LogP contribution in [-0.2, 0) is 19.1 Å². The summed E-state index contributed by atoms with van der Waals surface area (Å²) in [6.45, 7) is 5.14. The molecule has 3 fully saturated rings. The number of ketones is 2. The van der Waals surface area contributed by atoms with Crippen LogP contribution in [0.3, 0.4) is 0 Å². The van der Waals surface area contributed by atoms with Crippen LogP contribution in [0.4, 0.5) is 8.78 Å². The quantitative estimate of drug-likeness (QED) is 0.357. The average molecular weight is 524 g/mol. The van der Waals surface area contributed by atoms with Gasteiger partial charge in [-0.2, -0.15) is 0 Å². The van der Waals surface area contributed by atoms with E-state index < -0.39 is 68.7 Å². The molecule has 1 aromatic rings. The van der Waals surface area contributed by atoms with Crippen molar-refractivity contribution in [3.05, 3.63) is 28.8 Å². The van der Waals surface area contributed by atoms with E-state index >= 15 is 8.78 Å². The molecule has 0 N–H and O–H groups in total. The number of carbonyl (C=O) groups is 4. The first-order valence-corrected chi connectivity index (χ1v) is 13.0. The van der Waals surface area contributed by atoms with E-state index in [0.717, 1.165) is 17.6 Å². The summed E-state index contributed by atoms with van der Waals surface area (Å²) in [5.41, 5.74) is -5.94. The highest BCUT2D eigenvalue weighted by molar-refractivity contribution is 7.96. The van der Waals surface area contributed by atoms with E-state index in [1.165, 1.54) is 12.3 Å². The number of hydrogen-bond acceptors (Lipinski definition) is 7. The lowest BCUT2D eigenvalue weighted by molar-refractivity contribution is -0.187. The van der Waals surface area contributed by atoms with Crippen LogP contribution in [0.15, 0.2) is 23.9 Å². The number of halogens is 2. The molecule has 0 radical (unpaired) electrons. The Bertz CT molecular complexity index is 1170. The molecule has 0 aromatic carbocycles. The van der Waals surface area contributed by atoms with E-state index in [9.17, 15) is 19.2 Å². The third kappa shape index (κ3) is 3.01. The van der Waals surface area contributed by atoms with Gasteiger partial charge in [0, 0.05) is 35.3 Å². The lowest BCUT2D eigenvalue weighted by atomic mass is 9.44. The molecule has 0 saturated heterocycles. The molecule has 4 unspecified atom stereocenters. The van der Waals surface area contributed by atoms with Gasteiger partial charge in [0.05, 0.1) is 0 Å². The van der Waals surface area contributed by atoms with Crippen molar-refractivity contribution in [3.63, 3.8) is 0 Å². The first kappa shape index (κ1) is 24.7. The highest BCUT2D eigenvalue weighted by atomic mass is 32.1. The molecule has 1 aromatic heterocycles. The fraction of sp³-hybridized carbons (Fsp3) is 0.640. The molecule has 3 saturated carbocycles. The highest BCUT2D eigenvalue weighted by Gasteiger charge is 2.76. The van der Waals surface area contributed by atoms with Crippen molar-refractivity contribution < 1.29 is 32.7 Å². The number of nitrogens with zero attached hydrogens (tertiary/aromatic N) is 1. The van der Waals surface area contributed by atoms with Crippen LogP contribution in [0.25, 0.3) is 0 Å². The van der Waals surface area contributed by atoms with Gasteiger partial charge in [0.1, 0.15) is 16.7 Å². The Kier molecular flexibility index (Phi) is 5.50. The Morgan fingerprint density at radius 2 is 1.91 bits per heavy atom. The van der Waals surface area contributed by atoms with Gasteiger partial charge >= 0.3 is 5.97 Å². The molecule has 0 amide bonds. The van der Waals surface area contributed by atoms with Gasteiger partial charge in [0.25, 0.3) is 0 Å². The normalized spacial score (nSPS) is 44.7. The van der Waals surface area contributed by atoms with Gasteiger partial charge in [0.15, 0.2) is 5.60 Å². The second-order valence-corrected chi connectivity index (χ2v) is 12.3. The van der Waals surface area contributed by atoms with E-state index in [2.05, 4.69) is 17.0 Å². The molecule has 8 atom stereocenters. The SMILES string of the molecule is CC1C[C@H]2[C@@H]3CC(F)C4=CC(=O)C(=O)C[C@]4(C)C3(F)CC[C@]2(C)C1(OC(=O)c1ccns1)C(=O)S. The largest absolute Gasteiger partial charge is 0.445 e. The van der Waals surface area contributed by atoms with Crippen LogP contribution in [0.1, 0.15) is 62.5 Å². The maximum atomic E-state index is 17.2. The molecule has 0 bridgehead atoms. The molecule has 4 aliphatic carbocycles. The number of alkyl halides is 2. The van der Waals surface area contributed by atoms with Crippen molar-refractivity contribution in [1.82, 2.24) is 4.37 Å². The third-order valence-electron chi connectivity index (χ3n) is 9.69. The summed E-state index contributed by atoms with van der Waals surface area (Å²) >= 11 is 5.11. The summed E-state index contributed by atoms with van der Waals surface area (Å²) in [7, 11) is 0. The zero-order valence-electron chi connectivity index (χ0n) is 19.7. The Hall–Kier alpha value is -1.94. The predicted molar refractivity (Wildman–Crippen MR) is 127 cm³/mol. The number of thiol groups is 1. The molecule has 10 heteroatoms. The molecule has 6 nitrogen and oxygen atoms in total. The summed E-state index contributed by atoms with van der Waals surface area (Å²) in [5.74, 6) is -4.00. The Balaban J connectivity index is 1.59. The minimum Gasteiger partial charge on any atom is -0.445 e. The van der Waals surface area contributed by atoms with Crippen LogP contribution in [0.5, 0.6) is 0 Å². The van der Waals surface area contributed by atoms with Gasteiger partial charge in [-0.25, -0.2) is 17.9 Å². The molecule has 1 heterocycles. The third-order valence-corrected chi connectivity index (χ3v) is 10.7. The van der Waals surface area contributed by atoms with Gasteiger partial charge < -0.3 is 4.74 Å². The zero-order valence-corrected chi connectivity index (χ0v) is 21.4. The van der Waals surface area contributed by atoms with Crippen LogP contribution in [-0.4, -0.2) is 44.5 Å². The summed E-state index contributed by atoms with van der Waals surface area (Å²) in [6.07, 6.45) is 0.807. The van der Waals surface area contributed by atoms with Crippen molar-refractivity contribution in [2.24, 2.45) is 28.6 Å².